The first-order valence-electron chi connectivity index (χ1n) is 10.7. The molecule has 1 aliphatic carbocycles. The molecule has 3 aliphatic rings. The molecule has 3 aromatic rings. The van der Waals surface area contributed by atoms with Crippen molar-refractivity contribution in [1.82, 2.24) is 24.6 Å². The fourth-order valence-corrected chi connectivity index (χ4v) is 4.68. The van der Waals surface area contributed by atoms with Crippen LogP contribution >= 0.6 is 0 Å². The Morgan fingerprint density at radius 1 is 1.10 bits per heavy atom. The van der Waals surface area contributed by atoms with Gasteiger partial charge in [-0.3, -0.25) is 9.48 Å². The predicted molar refractivity (Wildman–Crippen MR) is 115 cm³/mol. The minimum atomic E-state index is 0.0641. The predicted octanol–water partition coefficient (Wildman–Crippen LogP) is 2.53. The standard InChI is InChI=1S/C23H24N6O2/c1-27-7-4-19(26-27)17-13-24-22(25-14-17)29-15-23(5-6-23)18-3-2-16(12-20(18)29)21(30)28-8-10-31-11-9-28/h2-4,7,12-14H,5-6,8-11,15H2,1H3. The van der Waals surface area contributed by atoms with Crippen LogP contribution in [0.4, 0.5) is 11.6 Å². The van der Waals surface area contributed by atoms with E-state index in [1.807, 2.05) is 48.7 Å². The lowest BCUT2D eigenvalue weighted by Crippen LogP contribution is -2.40. The summed E-state index contributed by atoms with van der Waals surface area (Å²) < 4.78 is 7.16. The number of amides is 1. The van der Waals surface area contributed by atoms with Gasteiger partial charge in [-0.1, -0.05) is 6.07 Å². The van der Waals surface area contributed by atoms with Crippen LogP contribution in [0.3, 0.4) is 0 Å². The number of carbonyl (C=O) groups is 1. The van der Waals surface area contributed by atoms with Gasteiger partial charge in [0.1, 0.15) is 0 Å². The SMILES string of the molecule is Cn1ccc(-c2cnc(N3CC4(CC4)c4ccc(C(=O)N5CCOCC5)cc43)nc2)n1. The third-order valence-corrected chi connectivity index (χ3v) is 6.61. The van der Waals surface area contributed by atoms with Crippen molar-refractivity contribution < 1.29 is 9.53 Å². The molecule has 0 radical (unpaired) electrons. The number of anilines is 2. The van der Waals surface area contributed by atoms with E-state index in [1.54, 1.807) is 4.68 Å². The van der Waals surface area contributed by atoms with Crippen molar-refractivity contribution in [1.29, 1.82) is 0 Å². The van der Waals surface area contributed by atoms with E-state index in [0.29, 0.717) is 37.8 Å². The highest BCUT2D eigenvalue weighted by Gasteiger charge is 2.52. The fourth-order valence-electron chi connectivity index (χ4n) is 4.68. The van der Waals surface area contributed by atoms with Crippen molar-refractivity contribution in [3.8, 4) is 11.3 Å². The molecule has 0 N–H and O–H groups in total. The highest BCUT2D eigenvalue weighted by molar-refractivity contribution is 5.96. The van der Waals surface area contributed by atoms with Crippen LogP contribution in [0.25, 0.3) is 11.3 Å². The van der Waals surface area contributed by atoms with Crippen molar-refractivity contribution in [3.05, 3.63) is 54.0 Å². The molecule has 8 nitrogen and oxygen atoms in total. The maximum atomic E-state index is 13.0. The molecule has 31 heavy (non-hydrogen) atoms. The third kappa shape index (κ3) is 3.09. The lowest BCUT2D eigenvalue weighted by molar-refractivity contribution is 0.0303. The Hall–Kier alpha value is -3.26. The average molecular weight is 416 g/mol. The molecule has 2 aromatic heterocycles. The number of fused-ring (bicyclic) bond motifs is 2. The molecule has 2 fully saturated rings. The van der Waals surface area contributed by atoms with E-state index in [-0.39, 0.29) is 11.3 Å². The van der Waals surface area contributed by atoms with Crippen molar-refractivity contribution in [3.63, 3.8) is 0 Å². The molecule has 2 aliphatic heterocycles. The first-order chi connectivity index (χ1) is 15.1. The molecule has 1 saturated carbocycles. The minimum absolute atomic E-state index is 0.0641. The first-order valence-corrected chi connectivity index (χ1v) is 10.7. The molecular weight excluding hydrogens is 392 g/mol. The van der Waals surface area contributed by atoms with E-state index in [9.17, 15) is 4.79 Å². The highest BCUT2D eigenvalue weighted by atomic mass is 16.5. The second-order valence-corrected chi connectivity index (χ2v) is 8.65. The Kier molecular flexibility index (Phi) is 4.11. The molecule has 6 rings (SSSR count). The highest BCUT2D eigenvalue weighted by Crippen LogP contribution is 2.57. The molecule has 1 saturated heterocycles. The molecule has 1 spiro atoms. The van der Waals surface area contributed by atoms with Gasteiger partial charge in [0.25, 0.3) is 5.91 Å². The van der Waals surface area contributed by atoms with Crippen LogP contribution in [0.1, 0.15) is 28.8 Å². The van der Waals surface area contributed by atoms with E-state index in [2.05, 4.69) is 26.0 Å². The maximum absolute atomic E-state index is 13.0. The largest absolute Gasteiger partial charge is 0.378 e. The lowest BCUT2D eigenvalue weighted by Gasteiger charge is -2.27. The van der Waals surface area contributed by atoms with E-state index < -0.39 is 0 Å². The van der Waals surface area contributed by atoms with Gasteiger partial charge < -0.3 is 14.5 Å². The van der Waals surface area contributed by atoms with Gasteiger partial charge in [-0.25, -0.2) is 9.97 Å². The van der Waals surface area contributed by atoms with E-state index >= 15 is 0 Å². The molecule has 0 bridgehead atoms. The van der Waals surface area contributed by atoms with Crippen LogP contribution in [0.15, 0.2) is 42.9 Å². The van der Waals surface area contributed by atoms with Crippen molar-refractivity contribution in [2.75, 3.05) is 37.7 Å². The Morgan fingerprint density at radius 2 is 1.87 bits per heavy atom. The number of carbonyl (C=O) groups excluding carboxylic acids is 1. The van der Waals surface area contributed by atoms with Gasteiger partial charge in [-0.2, -0.15) is 5.10 Å². The van der Waals surface area contributed by atoms with Crippen LogP contribution in [0, 0.1) is 0 Å². The normalized spacial score (nSPS) is 19.0. The quantitative estimate of drug-likeness (QED) is 0.653. The Balaban J connectivity index is 1.33. The van der Waals surface area contributed by atoms with E-state index in [4.69, 9.17) is 4.74 Å². The third-order valence-electron chi connectivity index (χ3n) is 6.61. The number of benzene rings is 1. The van der Waals surface area contributed by atoms with Gasteiger partial charge in [0.15, 0.2) is 0 Å². The monoisotopic (exact) mass is 416 g/mol. The second-order valence-electron chi connectivity index (χ2n) is 8.65. The zero-order valence-electron chi connectivity index (χ0n) is 17.5. The van der Waals surface area contributed by atoms with Crippen molar-refractivity contribution in [2.45, 2.75) is 18.3 Å². The average Bonchev–Trinajstić information content (AvgIpc) is 3.35. The second kappa shape index (κ2) is 6.88. The molecule has 158 valence electrons. The summed E-state index contributed by atoms with van der Waals surface area (Å²) in [5, 5.41) is 4.42. The van der Waals surface area contributed by atoms with Crippen LogP contribution in [-0.2, 0) is 17.2 Å². The molecule has 0 unspecified atom stereocenters. The summed E-state index contributed by atoms with van der Waals surface area (Å²) in [5.41, 5.74) is 5.01. The summed E-state index contributed by atoms with van der Waals surface area (Å²) in [6, 6.07) is 8.09. The summed E-state index contributed by atoms with van der Waals surface area (Å²) in [4.78, 5) is 26.4. The van der Waals surface area contributed by atoms with Crippen molar-refractivity contribution >= 4 is 17.5 Å². The molecule has 4 heterocycles. The van der Waals surface area contributed by atoms with Gasteiger partial charge in [0.2, 0.25) is 5.95 Å². The molecule has 1 amide bonds. The summed E-state index contributed by atoms with van der Waals surface area (Å²) >= 11 is 0. The molecular formula is C23H24N6O2. The lowest BCUT2D eigenvalue weighted by atomic mass is 9.97. The number of morpholine rings is 1. The van der Waals surface area contributed by atoms with Crippen LogP contribution < -0.4 is 4.90 Å². The van der Waals surface area contributed by atoms with E-state index in [1.165, 1.54) is 18.4 Å². The smallest absolute Gasteiger partial charge is 0.254 e. The number of rotatable bonds is 3. The van der Waals surface area contributed by atoms with Crippen molar-refractivity contribution in [2.24, 2.45) is 7.05 Å². The van der Waals surface area contributed by atoms with Gasteiger partial charge >= 0.3 is 0 Å². The number of hydrogen-bond donors (Lipinski definition) is 0. The number of aromatic nitrogens is 4. The Bertz CT molecular complexity index is 1150. The van der Waals surface area contributed by atoms with Gasteiger partial charge in [0, 0.05) is 67.5 Å². The Labute approximate surface area is 180 Å². The summed E-state index contributed by atoms with van der Waals surface area (Å²) in [6.45, 7) is 3.34. The van der Waals surface area contributed by atoms with Gasteiger partial charge in [-0.15, -0.1) is 0 Å². The van der Waals surface area contributed by atoms with Crippen LogP contribution in [0.2, 0.25) is 0 Å². The minimum Gasteiger partial charge on any atom is -0.378 e. The van der Waals surface area contributed by atoms with Gasteiger partial charge in [0.05, 0.1) is 18.9 Å². The number of nitrogens with zero attached hydrogens (tertiary/aromatic N) is 6. The number of aryl methyl sites for hydroxylation is 1. The zero-order valence-corrected chi connectivity index (χ0v) is 17.5. The van der Waals surface area contributed by atoms with Crippen LogP contribution in [-0.4, -0.2) is 63.4 Å². The summed E-state index contributed by atoms with van der Waals surface area (Å²) in [6.07, 6.45) is 7.89. The Morgan fingerprint density at radius 3 is 2.55 bits per heavy atom. The fraction of sp³-hybridized carbons (Fsp3) is 0.391. The zero-order chi connectivity index (χ0) is 21.0. The number of ether oxygens (including phenoxy) is 1. The summed E-state index contributed by atoms with van der Waals surface area (Å²) in [5.74, 6) is 0.731. The summed E-state index contributed by atoms with van der Waals surface area (Å²) in [7, 11) is 1.89. The molecule has 1 aromatic carbocycles. The maximum Gasteiger partial charge on any atom is 0.254 e. The molecule has 8 heteroatoms. The van der Waals surface area contributed by atoms with Gasteiger partial charge in [-0.05, 0) is 36.6 Å². The first kappa shape index (κ1) is 18.5. The topological polar surface area (TPSA) is 76.4 Å². The van der Waals surface area contributed by atoms with Crippen LogP contribution in [0.5, 0.6) is 0 Å². The van der Waals surface area contributed by atoms with E-state index in [0.717, 1.165) is 23.5 Å². The number of hydrogen-bond acceptors (Lipinski definition) is 6. The molecule has 0 atom stereocenters.